The highest BCUT2D eigenvalue weighted by Crippen LogP contribution is 2.32. The first-order chi connectivity index (χ1) is 7.25. The zero-order valence-corrected chi connectivity index (χ0v) is 9.66. The molecule has 0 unspecified atom stereocenters. The molecule has 0 aliphatic heterocycles. The van der Waals surface area contributed by atoms with Crippen LogP contribution in [0.1, 0.15) is 19.3 Å². The third-order valence-corrected chi connectivity index (χ3v) is 2.96. The van der Waals surface area contributed by atoms with Crippen molar-refractivity contribution in [1.29, 1.82) is 0 Å². The van der Waals surface area contributed by atoms with Gasteiger partial charge in [0, 0.05) is 32.0 Å². The molecule has 1 aromatic rings. The number of nitrogens with one attached hydrogen (secondary N) is 1. The van der Waals surface area contributed by atoms with Gasteiger partial charge in [-0.15, -0.1) is 0 Å². The van der Waals surface area contributed by atoms with Crippen LogP contribution in [0, 0.1) is 5.92 Å². The highest BCUT2D eigenvalue weighted by atomic mass is 15.1. The van der Waals surface area contributed by atoms with E-state index in [1.807, 2.05) is 0 Å². The van der Waals surface area contributed by atoms with E-state index in [2.05, 4.69) is 48.6 Å². The number of rotatable bonds is 5. The van der Waals surface area contributed by atoms with Crippen molar-refractivity contribution in [1.82, 2.24) is 0 Å². The van der Waals surface area contributed by atoms with Crippen molar-refractivity contribution >= 4 is 11.4 Å². The number of benzene rings is 1. The molecule has 0 heterocycles. The molecular weight excluding hydrogens is 184 g/mol. The Morgan fingerprint density at radius 1 is 1.20 bits per heavy atom. The predicted octanol–water partition coefficient (Wildman–Crippen LogP) is 2.96. The van der Waals surface area contributed by atoms with Crippen molar-refractivity contribution in [3.8, 4) is 0 Å². The largest absolute Gasteiger partial charge is 0.385 e. The molecule has 1 saturated carbocycles. The van der Waals surface area contributed by atoms with Crippen LogP contribution in [0.25, 0.3) is 0 Å². The molecule has 1 N–H and O–H groups in total. The summed E-state index contributed by atoms with van der Waals surface area (Å²) in [4.78, 5) is 2.12. The molecule has 82 valence electrons. The van der Waals surface area contributed by atoms with Gasteiger partial charge in [0.25, 0.3) is 0 Å². The summed E-state index contributed by atoms with van der Waals surface area (Å²) >= 11 is 0. The van der Waals surface area contributed by atoms with Gasteiger partial charge >= 0.3 is 0 Å². The second kappa shape index (κ2) is 4.56. The van der Waals surface area contributed by atoms with Crippen LogP contribution in [0.3, 0.4) is 0 Å². The Morgan fingerprint density at radius 3 is 2.40 bits per heavy atom. The van der Waals surface area contributed by atoms with Gasteiger partial charge < -0.3 is 10.2 Å². The lowest BCUT2D eigenvalue weighted by Gasteiger charge is -2.13. The molecule has 15 heavy (non-hydrogen) atoms. The van der Waals surface area contributed by atoms with E-state index in [9.17, 15) is 0 Å². The van der Waals surface area contributed by atoms with Crippen LogP contribution in [-0.4, -0.2) is 20.6 Å². The summed E-state index contributed by atoms with van der Waals surface area (Å²) in [7, 11) is 4.13. The quantitative estimate of drug-likeness (QED) is 0.793. The van der Waals surface area contributed by atoms with Crippen LogP contribution in [0.4, 0.5) is 11.4 Å². The Morgan fingerprint density at radius 2 is 1.87 bits per heavy atom. The zero-order chi connectivity index (χ0) is 10.7. The Balaban J connectivity index is 1.80. The van der Waals surface area contributed by atoms with E-state index in [1.54, 1.807) is 0 Å². The van der Waals surface area contributed by atoms with Crippen molar-refractivity contribution < 1.29 is 0 Å². The van der Waals surface area contributed by atoms with Gasteiger partial charge in [-0.05, 0) is 36.6 Å². The monoisotopic (exact) mass is 204 g/mol. The first-order valence-electron chi connectivity index (χ1n) is 5.77. The summed E-state index contributed by atoms with van der Waals surface area (Å²) in [5.41, 5.74) is 2.49. The van der Waals surface area contributed by atoms with Crippen molar-refractivity contribution in [3.05, 3.63) is 24.3 Å². The van der Waals surface area contributed by atoms with E-state index in [0.29, 0.717) is 0 Å². The smallest absolute Gasteiger partial charge is 0.0362 e. The van der Waals surface area contributed by atoms with Crippen LogP contribution < -0.4 is 10.2 Å². The first-order valence-corrected chi connectivity index (χ1v) is 5.77. The lowest BCUT2D eigenvalue weighted by atomic mass is 10.2. The van der Waals surface area contributed by atoms with Gasteiger partial charge in [0.2, 0.25) is 0 Å². The molecule has 0 aromatic heterocycles. The van der Waals surface area contributed by atoms with Gasteiger partial charge in [-0.25, -0.2) is 0 Å². The topological polar surface area (TPSA) is 15.3 Å². The molecule has 1 aliphatic rings. The maximum absolute atomic E-state index is 3.46. The highest BCUT2D eigenvalue weighted by Gasteiger charge is 2.19. The normalized spacial score (nSPS) is 15.1. The van der Waals surface area contributed by atoms with Gasteiger partial charge in [-0.1, -0.05) is 12.8 Å². The van der Waals surface area contributed by atoms with E-state index >= 15 is 0 Å². The lowest BCUT2D eigenvalue weighted by Crippen LogP contribution is -2.08. The van der Waals surface area contributed by atoms with Crippen LogP contribution >= 0.6 is 0 Å². The van der Waals surface area contributed by atoms with Crippen molar-refractivity contribution in [3.63, 3.8) is 0 Å². The summed E-state index contributed by atoms with van der Waals surface area (Å²) in [6, 6.07) is 8.61. The maximum Gasteiger partial charge on any atom is 0.0362 e. The highest BCUT2D eigenvalue weighted by molar-refractivity contribution is 5.54. The Kier molecular flexibility index (Phi) is 3.14. The van der Waals surface area contributed by atoms with Gasteiger partial charge in [-0.2, -0.15) is 0 Å². The van der Waals surface area contributed by atoms with Crippen molar-refractivity contribution in [2.24, 2.45) is 5.92 Å². The minimum atomic E-state index is 1.01. The molecule has 1 aromatic carbocycles. The SMILES string of the molecule is CN(C)c1ccc(NCCC2CC2)cc1. The van der Waals surface area contributed by atoms with E-state index in [0.717, 1.165) is 12.5 Å². The molecule has 1 fully saturated rings. The number of anilines is 2. The van der Waals surface area contributed by atoms with Crippen molar-refractivity contribution in [2.45, 2.75) is 19.3 Å². The number of hydrogen-bond donors (Lipinski definition) is 1. The number of nitrogens with zero attached hydrogens (tertiary/aromatic N) is 1. The first kappa shape index (κ1) is 10.3. The van der Waals surface area contributed by atoms with E-state index < -0.39 is 0 Å². The molecule has 0 atom stereocenters. The predicted molar refractivity (Wildman–Crippen MR) is 66.6 cm³/mol. The Labute approximate surface area is 92.3 Å². The minimum absolute atomic E-state index is 1.01. The Hall–Kier alpha value is -1.18. The summed E-state index contributed by atoms with van der Waals surface area (Å²) in [5, 5.41) is 3.46. The van der Waals surface area contributed by atoms with E-state index in [-0.39, 0.29) is 0 Å². The molecule has 2 heteroatoms. The molecule has 1 aliphatic carbocycles. The number of hydrogen-bond acceptors (Lipinski definition) is 2. The second-order valence-electron chi connectivity index (χ2n) is 4.60. The molecule has 0 spiro atoms. The van der Waals surface area contributed by atoms with Crippen molar-refractivity contribution in [2.75, 3.05) is 30.9 Å². The summed E-state index contributed by atoms with van der Waals surface area (Å²) in [6.45, 7) is 1.12. The van der Waals surface area contributed by atoms with E-state index in [1.165, 1.54) is 30.6 Å². The molecular formula is C13H20N2. The van der Waals surface area contributed by atoms with Gasteiger partial charge in [0.05, 0.1) is 0 Å². The molecule has 0 radical (unpaired) electrons. The van der Waals surface area contributed by atoms with E-state index in [4.69, 9.17) is 0 Å². The van der Waals surface area contributed by atoms with Crippen LogP contribution in [-0.2, 0) is 0 Å². The fraction of sp³-hybridized carbons (Fsp3) is 0.538. The molecule has 0 saturated heterocycles. The van der Waals surface area contributed by atoms with Crippen LogP contribution in [0.2, 0.25) is 0 Å². The second-order valence-corrected chi connectivity index (χ2v) is 4.60. The summed E-state index contributed by atoms with van der Waals surface area (Å²) in [5.74, 6) is 1.01. The minimum Gasteiger partial charge on any atom is -0.385 e. The lowest BCUT2D eigenvalue weighted by molar-refractivity contribution is 0.760. The standard InChI is InChI=1S/C13H20N2/c1-15(2)13-7-5-12(6-8-13)14-10-9-11-3-4-11/h5-8,11,14H,3-4,9-10H2,1-2H3. The third-order valence-electron chi connectivity index (χ3n) is 2.96. The maximum atomic E-state index is 3.46. The van der Waals surface area contributed by atoms with Gasteiger partial charge in [0.1, 0.15) is 0 Å². The molecule has 2 rings (SSSR count). The fourth-order valence-corrected chi connectivity index (χ4v) is 1.70. The average molecular weight is 204 g/mol. The zero-order valence-electron chi connectivity index (χ0n) is 9.66. The molecule has 0 amide bonds. The Bertz CT molecular complexity index is 299. The summed E-state index contributed by atoms with van der Waals surface area (Å²) in [6.07, 6.45) is 4.22. The summed E-state index contributed by atoms with van der Waals surface area (Å²) < 4.78 is 0. The molecule has 2 nitrogen and oxygen atoms in total. The molecule has 0 bridgehead atoms. The average Bonchev–Trinajstić information content (AvgIpc) is 3.02. The third kappa shape index (κ3) is 3.15. The van der Waals surface area contributed by atoms with Crippen LogP contribution in [0.5, 0.6) is 0 Å². The van der Waals surface area contributed by atoms with Gasteiger partial charge in [0.15, 0.2) is 0 Å². The van der Waals surface area contributed by atoms with Gasteiger partial charge in [-0.3, -0.25) is 0 Å². The van der Waals surface area contributed by atoms with Crippen LogP contribution in [0.15, 0.2) is 24.3 Å². The fourth-order valence-electron chi connectivity index (χ4n) is 1.70.